The van der Waals surface area contributed by atoms with Crippen molar-refractivity contribution in [3.63, 3.8) is 0 Å². The lowest BCUT2D eigenvalue weighted by Crippen LogP contribution is -2.31. The first-order chi connectivity index (χ1) is 9.32. The number of amides is 1. The van der Waals surface area contributed by atoms with Gasteiger partial charge in [-0.25, -0.2) is 13.6 Å². The molecule has 0 radical (unpaired) electrons. The van der Waals surface area contributed by atoms with Gasteiger partial charge in [0.1, 0.15) is 0 Å². The predicted molar refractivity (Wildman–Crippen MR) is 67.7 cm³/mol. The third kappa shape index (κ3) is 2.87. The summed E-state index contributed by atoms with van der Waals surface area (Å²) in [6, 6.07) is 4.01. The summed E-state index contributed by atoms with van der Waals surface area (Å²) in [5.74, 6) is -4.07. The van der Waals surface area contributed by atoms with E-state index in [9.17, 15) is 18.4 Å². The molecule has 1 saturated heterocycles. The number of nitrogen functional groups attached to an aromatic ring is 1. The van der Waals surface area contributed by atoms with Crippen LogP contribution in [0.4, 0.5) is 14.5 Å². The SMILES string of the molecule is COC(=O)c1cc(N)cc(C(=O)N2CCC(F)(F)C2)c1. The second-order valence-electron chi connectivity index (χ2n) is 4.67. The van der Waals surface area contributed by atoms with E-state index in [-0.39, 0.29) is 29.8 Å². The maximum atomic E-state index is 13.1. The Kier molecular flexibility index (Phi) is 3.61. The third-order valence-corrected chi connectivity index (χ3v) is 3.08. The van der Waals surface area contributed by atoms with Crippen LogP contribution >= 0.6 is 0 Å². The van der Waals surface area contributed by atoms with Gasteiger partial charge in [-0.3, -0.25) is 4.79 Å². The molecule has 1 aromatic carbocycles. The van der Waals surface area contributed by atoms with Gasteiger partial charge in [0.2, 0.25) is 0 Å². The molecule has 0 spiro atoms. The number of nitrogens with two attached hydrogens (primary N) is 1. The van der Waals surface area contributed by atoms with Gasteiger partial charge in [0.05, 0.1) is 19.2 Å². The predicted octanol–water partition coefficient (Wildman–Crippen LogP) is 1.54. The van der Waals surface area contributed by atoms with Gasteiger partial charge in [-0.15, -0.1) is 0 Å². The second kappa shape index (κ2) is 5.07. The van der Waals surface area contributed by atoms with Gasteiger partial charge in [0, 0.05) is 24.2 Å². The Labute approximate surface area is 114 Å². The molecule has 0 bridgehead atoms. The smallest absolute Gasteiger partial charge is 0.337 e. The number of esters is 1. The summed E-state index contributed by atoms with van der Waals surface area (Å²) in [6.45, 7) is -0.637. The summed E-state index contributed by atoms with van der Waals surface area (Å²) in [4.78, 5) is 24.6. The van der Waals surface area contributed by atoms with Gasteiger partial charge in [-0.05, 0) is 18.2 Å². The fraction of sp³-hybridized carbons (Fsp3) is 0.385. The summed E-state index contributed by atoms with van der Waals surface area (Å²) in [7, 11) is 1.20. The standard InChI is InChI=1S/C13H14F2N2O3/c1-20-12(19)9-4-8(5-10(16)6-9)11(18)17-3-2-13(14,15)7-17/h4-6H,2-3,7,16H2,1H3. The van der Waals surface area contributed by atoms with Gasteiger partial charge in [0.25, 0.3) is 11.8 Å². The molecule has 1 aliphatic heterocycles. The fourth-order valence-corrected chi connectivity index (χ4v) is 2.10. The second-order valence-corrected chi connectivity index (χ2v) is 4.67. The quantitative estimate of drug-likeness (QED) is 0.660. The summed E-state index contributed by atoms with van der Waals surface area (Å²) in [5, 5.41) is 0. The molecule has 0 atom stereocenters. The van der Waals surface area contributed by atoms with Crippen molar-refractivity contribution in [1.82, 2.24) is 4.90 Å². The minimum Gasteiger partial charge on any atom is -0.465 e. The summed E-state index contributed by atoms with van der Waals surface area (Å²) >= 11 is 0. The van der Waals surface area contributed by atoms with Gasteiger partial charge in [0.15, 0.2) is 0 Å². The molecule has 7 heteroatoms. The lowest BCUT2D eigenvalue weighted by atomic mass is 10.1. The number of rotatable bonds is 2. The minimum atomic E-state index is -2.86. The highest BCUT2D eigenvalue weighted by Crippen LogP contribution is 2.28. The zero-order valence-electron chi connectivity index (χ0n) is 10.9. The highest BCUT2D eigenvalue weighted by molar-refractivity contribution is 5.99. The molecule has 1 aliphatic rings. The van der Waals surface area contributed by atoms with E-state index in [0.717, 1.165) is 4.90 Å². The topological polar surface area (TPSA) is 72.6 Å². The Bertz CT molecular complexity index is 561. The zero-order chi connectivity index (χ0) is 14.9. The van der Waals surface area contributed by atoms with Crippen LogP contribution in [0.25, 0.3) is 0 Å². The van der Waals surface area contributed by atoms with E-state index in [1.165, 1.54) is 25.3 Å². The van der Waals surface area contributed by atoms with Crippen LogP contribution in [0.2, 0.25) is 0 Å². The number of alkyl halides is 2. The number of likely N-dealkylation sites (tertiary alicyclic amines) is 1. The van der Waals surface area contributed by atoms with Crippen molar-refractivity contribution in [2.24, 2.45) is 0 Å². The van der Waals surface area contributed by atoms with E-state index in [1.54, 1.807) is 0 Å². The van der Waals surface area contributed by atoms with E-state index in [2.05, 4.69) is 4.74 Å². The molecule has 2 N–H and O–H groups in total. The van der Waals surface area contributed by atoms with Crippen molar-refractivity contribution in [2.45, 2.75) is 12.3 Å². The van der Waals surface area contributed by atoms with Crippen LogP contribution < -0.4 is 5.73 Å². The Balaban J connectivity index is 2.26. The van der Waals surface area contributed by atoms with Gasteiger partial charge < -0.3 is 15.4 Å². The first-order valence-electron chi connectivity index (χ1n) is 5.98. The number of methoxy groups -OCH3 is 1. The number of carbonyl (C=O) groups is 2. The van der Waals surface area contributed by atoms with E-state index in [4.69, 9.17) is 5.73 Å². The van der Waals surface area contributed by atoms with Gasteiger partial charge in [-0.1, -0.05) is 0 Å². The monoisotopic (exact) mass is 284 g/mol. The van der Waals surface area contributed by atoms with Crippen LogP contribution in [0.3, 0.4) is 0 Å². The summed E-state index contributed by atoms with van der Waals surface area (Å²) in [6.07, 6.45) is -0.356. The number of benzene rings is 1. The average Bonchev–Trinajstić information content (AvgIpc) is 2.76. The lowest BCUT2D eigenvalue weighted by molar-refractivity contribution is 0.0120. The van der Waals surface area contributed by atoms with Crippen LogP contribution in [0.5, 0.6) is 0 Å². The minimum absolute atomic E-state index is 0.0197. The summed E-state index contributed by atoms with van der Waals surface area (Å²) < 4.78 is 30.8. The zero-order valence-corrected chi connectivity index (χ0v) is 10.9. The van der Waals surface area contributed by atoms with Crippen LogP contribution in [-0.4, -0.2) is 42.9 Å². The molecule has 0 saturated carbocycles. The van der Waals surface area contributed by atoms with Crippen LogP contribution in [0, 0.1) is 0 Å². The summed E-state index contributed by atoms with van der Waals surface area (Å²) in [5.41, 5.74) is 6.02. The van der Waals surface area contributed by atoms with E-state index >= 15 is 0 Å². The Morgan fingerprint density at radius 3 is 2.50 bits per heavy atom. The molecule has 20 heavy (non-hydrogen) atoms. The van der Waals surface area contributed by atoms with E-state index in [1.807, 2.05) is 0 Å². The Hall–Kier alpha value is -2.18. The van der Waals surface area contributed by atoms with E-state index in [0.29, 0.717) is 0 Å². The number of hydrogen-bond acceptors (Lipinski definition) is 4. The van der Waals surface area contributed by atoms with E-state index < -0.39 is 24.3 Å². The Morgan fingerprint density at radius 1 is 1.30 bits per heavy atom. The number of carbonyl (C=O) groups excluding carboxylic acids is 2. The largest absolute Gasteiger partial charge is 0.465 e. The molecule has 5 nitrogen and oxygen atoms in total. The lowest BCUT2D eigenvalue weighted by Gasteiger charge is -2.16. The molecule has 1 amide bonds. The maximum Gasteiger partial charge on any atom is 0.337 e. The molecule has 108 valence electrons. The van der Waals surface area contributed by atoms with Crippen molar-refractivity contribution in [2.75, 3.05) is 25.9 Å². The third-order valence-electron chi connectivity index (χ3n) is 3.08. The number of hydrogen-bond donors (Lipinski definition) is 1. The molecule has 0 aliphatic carbocycles. The fourth-order valence-electron chi connectivity index (χ4n) is 2.10. The van der Waals surface area contributed by atoms with Crippen molar-refractivity contribution in [3.8, 4) is 0 Å². The molecule has 0 unspecified atom stereocenters. The Morgan fingerprint density at radius 2 is 1.95 bits per heavy atom. The first kappa shape index (κ1) is 14.2. The van der Waals surface area contributed by atoms with Crippen LogP contribution in [-0.2, 0) is 4.74 Å². The number of anilines is 1. The molecular weight excluding hydrogens is 270 g/mol. The van der Waals surface area contributed by atoms with Crippen molar-refractivity contribution < 1.29 is 23.1 Å². The molecule has 2 rings (SSSR count). The number of ether oxygens (including phenoxy) is 1. The highest BCUT2D eigenvalue weighted by Gasteiger charge is 2.40. The molecule has 0 aromatic heterocycles. The number of halogens is 2. The molecule has 1 aromatic rings. The average molecular weight is 284 g/mol. The molecule has 1 heterocycles. The maximum absolute atomic E-state index is 13.1. The van der Waals surface area contributed by atoms with Gasteiger partial charge >= 0.3 is 5.97 Å². The van der Waals surface area contributed by atoms with Crippen LogP contribution in [0.15, 0.2) is 18.2 Å². The normalized spacial score (nSPS) is 17.1. The first-order valence-corrected chi connectivity index (χ1v) is 5.98. The van der Waals surface area contributed by atoms with Crippen molar-refractivity contribution >= 4 is 17.6 Å². The van der Waals surface area contributed by atoms with Crippen molar-refractivity contribution in [3.05, 3.63) is 29.3 Å². The van der Waals surface area contributed by atoms with Crippen LogP contribution in [0.1, 0.15) is 27.1 Å². The van der Waals surface area contributed by atoms with Gasteiger partial charge in [-0.2, -0.15) is 0 Å². The highest BCUT2D eigenvalue weighted by atomic mass is 19.3. The number of nitrogens with zero attached hydrogens (tertiary/aromatic N) is 1. The molecule has 1 fully saturated rings. The molecular formula is C13H14F2N2O3. The van der Waals surface area contributed by atoms with Crippen molar-refractivity contribution in [1.29, 1.82) is 0 Å².